The average molecular weight is 539 g/mol. The lowest BCUT2D eigenvalue weighted by Gasteiger charge is -2.45. The Labute approximate surface area is 227 Å². The van der Waals surface area contributed by atoms with E-state index in [1.165, 1.54) is 0 Å². The van der Waals surface area contributed by atoms with Gasteiger partial charge in [0.15, 0.2) is 0 Å². The minimum absolute atomic E-state index is 0.00441. The topological polar surface area (TPSA) is 95.8 Å². The minimum atomic E-state index is -0.470. The maximum atomic E-state index is 13.0. The van der Waals surface area contributed by atoms with Crippen molar-refractivity contribution in [1.29, 1.82) is 0 Å². The lowest BCUT2D eigenvalue weighted by molar-refractivity contribution is -0.117. The van der Waals surface area contributed by atoms with Crippen molar-refractivity contribution >= 4 is 39.8 Å². The van der Waals surface area contributed by atoms with Crippen LogP contribution < -0.4 is 10.2 Å². The lowest BCUT2D eigenvalue weighted by Crippen LogP contribution is -2.60. The molecule has 0 unspecified atom stereocenters. The maximum absolute atomic E-state index is 13.0. The number of rotatable bonds is 6. The number of nitrogens with one attached hydrogen (secondary N) is 1. The molecule has 4 heterocycles. The van der Waals surface area contributed by atoms with Crippen molar-refractivity contribution in [2.75, 3.05) is 49.6 Å². The van der Waals surface area contributed by atoms with Crippen LogP contribution >= 0.6 is 11.6 Å². The fraction of sp³-hybridized carbons (Fsp3) is 0.536. The molecule has 9 nitrogen and oxygen atoms in total. The van der Waals surface area contributed by atoms with Crippen LogP contribution in [0.5, 0.6) is 0 Å². The SMILES string of the molecule is CC(C)n1nccc1[C@H]1C[C@@H]1C(=O)Nc1cc2cc(N3CCN([C@@]4(C)COC[C@H]4O)CC3)c(Cl)cc2cn1. The Morgan fingerprint density at radius 1 is 1.21 bits per heavy atom. The van der Waals surface area contributed by atoms with Gasteiger partial charge in [0.1, 0.15) is 5.82 Å². The molecule has 2 N–H and O–H groups in total. The summed E-state index contributed by atoms with van der Waals surface area (Å²) in [6.07, 6.45) is 3.93. The molecule has 0 radical (unpaired) electrons. The summed E-state index contributed by atoms with van der Waals surface area (Å²) in [5.74, 6) is 0.676. The van der Waals surface area contributed by atoms with E-state index in [1.54, 1.807) is 6.20 Å². The number of ether oxygens (including phenoxy) is 1. The molecule has 1 saturated carbocycles. The number of carbonyl (C=O) groups excluding carboxylic acids is 1. The van der Waals surface area contributed by atoms with Gasteiger partial charge in [0.05, 0.1) is 35.6 Å². The number of hydrogen-bond donors (Lipinski definition) is 2. The smallest absolute Gasteiger partial charge is 0.229 e. The summed E-state index contributed by atoms with van der Waals surface area (Å²) in [5.41, 5.74) is 1.75. The number of hydrogen-bond acceptors (Lipinski definition) is 7. The highest BCUT2D eigenvalue weighted by Crippen LogP contribution is 2.48. The molecule has 4 atom stereocenters. The Kier molecular flexibility index (Phi) is 6.58. The summed E-state index contributed by atoms with van der Waals surface area (Å²) in [5, 5.41) is 20.5. The molecule has 1 aliphatic carbocycles. The molecule has 6 rings (SSSR count). The monoisotopic (exact) mass is 538 g/mol. The van der Waals surface area contributed by atoms with E-state index in [-0.39, 0.29) is 29.3 Å². The van der Waals surface area contributed by atoms with Crippen LogP contribution in [0.2, 0.25) is 5.02 Å². The van der Waals surface area contributed by atoms with Gasteiger partial charge in [-0.2, -0.15) is 5.10 Å². The van der Waals surface area contributed by atoms with Crippen molar-refractivity contribution in [3.63, 3.8) is 0 Å². The zero-order valence-corrected chi connectivity index (χ0v) is 22.9. The van der Waals surface area contributed by atoms with Gasteiger partial charge in [-0.05, 0) is 56.8 Å². The first-order valence-corrected chi connectivity index (χ1v) is 13.8. The van der Waals surface area contributed by atoms with Gasteiger partial charge in [0, 0.05) is 67.5 Å². The maximum Gasteiger partial charge on any atom is 0.229 e. The summed E-state index contributed by atoms with van der Waals surface area (Å²) < 4.78 is 7.54. The largest absolute Gasteiger partial charge is 0.389 e. The molecule has 1 aromatic carbocycles. The number of amides is 1. The molecule has 2 aliphatic heterocycles. The van der Waals surface area contributed by atoms with Crippen molar-refractivity contribution in [2.45, 2.75) is 50.8 Å². The molecule has 2 aromatic heterocycles. The van der Waals surface area contributed by atoms with Crippen molar-refractivity contribution in [3.05, 3.63) is 47.4 Å². The second kappa shape index (κ2) is 9.79. The molecule has 3 aromatic rings. The molecule has 2 saturated heterocycles. The Morgan fingerprint density at radius 2 is 2.00 bits per heavy atom. The highest BCUT2D eigenvalue weighted by molar-refractivity contribution is 6.34. The van der Waals surface area contributed by atoms with E-state index < -0.39 is 6.10 Å². The number of carbonyl (C=O) groups is 1. The first kappa shape index (κ1) is 25.6. The second-order valence-electron chi connectivity index (χ2n) is 11.3. The van der Waals surface area contributed by atoms with Crippen LogP contribution in [-0.4, -0.2) is 81.7 Å². The molecule has 10 heteroatoms. The summed E-state index contributed by atoms with van der Waals surface area (Å²) in [6.45, 7) is 10.5. The highest BCUT2D eigenvalue weighted by atomic mass is 35.5. The van der Waals surface area contributed by atoms with E-state index in [1.807, 2.05) is 29.1 Å². The first-order chi connectivity index (χ1) is 18.2. The predicted molar refractivity (Wildman–Crippen MR) is 148 cm³/mol. The molecule has 0 bridgehead atoms. The first-order valence-electron chi connectivity index (χ1n) is 13.4. The standard InChI is InChI=1S/C28H35ClN6O3/c1-17(2)35-23(4-5-31-35)20-13-21(20)27(37)32-26-12-18-11-24(22(29)10-19(18)14-30-26)33-6-8-34(9-7-33)28(3)16-38-15-25(28)36/h4-5,10-12,14,17,20-21,25,36H,6-9,13,15-16H2,1-3H3,(H,30,32,37)/t20-,21-,25+,28-/m0/s1. The van der Waals surface area contributed by atoms with Gasteiger partial charge >= 0.3 is 0 Å². The van der Waals surface area contributed by atoms with E-state index in [0.29, 0.717) is 24.1 Å². The van der Waals surface area contributed by atoms with E-state index in [4.69, 9.17) is 16.3 Å². The zero-order chi connectivity index (χ0) is 26.6. The van der Waals surface area contributed by atoms with Gasteiger partial charge in [0.2, 0.25) is 5.91 Å². The Balaban J connectivity index is 1.14. The van der Waals surface area contributed by atoms with E-state index >= 15 is 0 Å². The van der Waals surface area contributed by atoms with Gasteiger partial charge in [-0.15, -0.1) is 0 Å². The summed E-state index contributed by atoms with van der Waals surface area (Å²) >= 11 is 6.70. The summed E-state index contributed by atoms with van der Waals surface area (Å²) in [6, 6.07) is 8.23. The zero-order valence-electron chi connectivity index (χ0n) is 22.1. The van der Waals surface area contributed by atoms with E-state index in [2.05, 4.69) is 52.0 Å². The fourth-order valence-corrected chi connectivity index (χ4v) is 6.25. The summed E-state index contributed by atoms with van der Waals surface area (Å²) in [7, 11) is 0. The fourth-order valence-electron chi connectivity index (χ4n) is 5.96. The second-order valence-corrected chi connectivity index (χ2v) is 11.7. The molecule has 1 amide bonds. The van der Waals surface area contributed by atoms with Crippen LogP contribution in [0.25, 0.3) is 10.8 Å². The summed E-state index contributed by atoms with van der Waals surface area (Å²) in [4.78, 5) is 22.1. The number of halogens is 1. The number of aliphatic hydroxyl groups excluding tert-OH is 1. The molecule has 3 aliphatic rings. The number of aromatic nitrogens is 3. The van der Waals surface area contributed by atoms with Crippen LogP contribution in [-0.2, 0) is 9.53 Å². The third-order valence-electron chi connectivity index (χ3n) is 8.47. The number of anilines is 2. The van der Waals surface area contributed by atoms with Crippen molar-refractivity contribution in [1.82, 2.24) is 19.7 Å². The molecule has 0 spiro atoms. The lowest BCUT2D eigenvalue weighted by atomic mass is 9.95. The van der Waals surface area contributed by atoms with Gasteiger partial charge in [-0.1, -0.05) is 11.6 Å². The Hall–Kier alpha value is -2.72. The molecule has 38 heavy (non-hydrogen) atoms. The van der Waals surface area contributed by atoms with Crippen LogP contribution in [0.4, 0.5) is 11.5 Å². The van der Waals surface area contributed by atoms with Crippen molar-refractivity contribution < 1.29 is 14.6 Å². The number of pyridine rings is 1. The molecular formula is C28H35ClN6O3. The predicted octanol–water partition coefficient (Wildman–Crippen LogP) is 3.68. The van der Waals surface area contributed by atoms with Gasteiger partial charge in [-0.3, -0.25) is 14.4 Å². The van der Waals surface area contributed by atoms with E-state index in [9.17, 15) is 9.90 Å². The highest BCUT2D eigenvalue weighted by Gasteiger charge is 2.46. The Bertz CT molecular complexity index is 1350. The minimum Gasteiger partial charge on any atom is -0.389 e. The van der Waals surface area contributed by atoms with Crippen LogP contribution in [0.1, 0.15) is 44.8 Å². The van der Waals surface area contributed by atoms with Crippen LogP contribution in [0, 0.1) is 5.92 Å². The number of fused-ring (bicyclic) bond motifs is 1. The third kappa shape index (κ3) is 4.55. The number of nitrogens with zero attached hydrogens (tertiary/aromatic N) is 5. The van der Waals surface area contributed by atoms with E-state index in [0.717, 1.165) is 54.8 Å². The van der Waals surface area contributed by atoms with Crippen LogP contribution in [0.3, 0.4) is 0 Å². The third-order valence-corrected chi connectivity index (χ3v) is 8.77. The van der Waals surface area contributed by atoms with Gasteiger partial charge in [-0.25, -0.2) is 4.98 Å². The molecule has 202 valence electrons. The molecule has 3 fully saturated rings. The number of benzene rings is 1. The van der Waals surface area contributed by atoms with Crippen molar-refractivity contribution in [2.24, 2.45) is 5.92 Å². The number of aliphatic hydroxyl groups is 1. The van der Waals surface area contributed by atoms with Gasteiger partial charge < -0.3 is 20.1 Å². The number of piperazine rings is 1. The van der Waals surface area contributed by atoms with Gasteiger partial charge in [0.25, 0.3) is 0 Å². The normalized spacial score (nSPS) is 27.8. The van der Waals surface area contributed by atoms with Crippen LogP contribution in [0.15, 0.2) is 36.7 Å². The van der Waals surface area contributed by atoms with Crippen molar-refractivity contribution in [3.8, 4) is 0 Å². The Morgan fingerprint density at radius 3 is 2.71 bits per heavy atom. The average Bonchev–Trinajstić information content (AvgIpc) is 3.40. The quantitative estimate of drug-likeness (QED) is 0.494. The molecular weight excluding hydrogens is 504 g/mol.